The summed E-state index contributed by atoms with van der Waals surface area (Å²) >= 11 is 0. The minimum atomic E-state index is -0.429. The maximum absolute atomic E-state index is 11.2. The van der Waals surface area contributed by atoms with Crippen LogP contribution >= 0.6 is 0 Å². The van der Waals surface area contributed by atoms with Gasteiger partial charge in [-0.1, -0.05) is 0 Å². The summed E-state index contributed by atoms with van der Waals surface area (Å²) in [6.07, 6.45) is 1.45. The number of nitrogens with one attached hydrogen (secondary N) is 1. The molecule has 1 amide bonds. The summed E-state index contributed by atoms with van der Waals surface area (Å²) in [5, 5.41) is 2.68. The van der Waals surface area contributed by atoms with E-state index in [0.29, 0.717) is 19.8 Å². The standard InChI is InChI=1S/C11H22NO3/c1-5-14-9-7-6-8-12-10(13)15-11(2,3)4/h1,5-9H2,2-4H3,(H,12,13). The SMILES string of the molecule is [CH2]COCCCCNC(=O)OC(C)(C)C. The van der Waals surface area contributed by atoms with Gasteiger partial charge in [0.25, 0.3) is 0 Å². The minimum absolute atomic E-state index is 0.361. The van der Waals surface area contributed by atoms with E-state index in [2.05, 4.69) is 12.2 Å². The summed E-state index contributed by atoms with van der Waals surface area (Å²) in [6.45, 7) is 10.9. The third-order valence-corrected chi connectivity index (χ3v) is 1.53. The monoisotopic (exact) mass is 216 g/mol. The van der Waals surface area contributed by atoms with Gasteiger partial charge < -0.3 is 14.8 Å². The highest BCUT2D eigenvalue weighted by molar-refractivity contribution is 5.67. The zero-order valence-corrected chi connectivity index (χ0v) is 9.97. The van der Waals surface area contributed by atoms with Gasteiger partial charge in [-0.2, -0.15) is 0 Å². The van der Waals surface area contributed by atoms with Crippen LogP contribution in [0.5, 0.6) is 0 Å². The van der Waals surface area contributed by atoms with E-state index in [1.165, 1.54) is 0 Å². The first-order valence-corrected chi connectivity index (χ1v) is 5.29. The van der Waals surface area contributed by atoms with Crippen LogP contribution < -0.4 is 5.32 Å². The second kappa shape index (κ2) is 7.51. The maximum atomic E-state index is 11.2. The Bertz CT molecular complexity index is 175. The molecule has 0 aliphatic carbocycles. The Kier molecular flexibility index (Phi) is 7.13. The van der Waals surface area contributed by atoms with Crippen molar-refractivity contribution in [1.29, 1.82) is 0 Å². The van der Waals surface area contributed by atoms with E-state index in [9.17, 15) is 4.79 Å². The lowest BCUT2D eigenvalue weighted by Crippen LogP contribution is -2.33. The molecule has 0 aromatic carbocycles. The second-order valence-corrected chi connectivity index (χ2v) is 4.25. The quantitative estimate of drug-likeness (QED) is 0.692. The van der Waals surface area contributed by atoms with E-state index in [0.717, 1.165) is 12.8 Å². The predicted octanol–water partition coefficient (Wildman–Crippen LogP) is 2.14. The van der Waals surface area contributed by atoms with Crippen molar-refractivity contribution in [2.24, 2.45) is 0 Å². The molecule has 1 radical (unpaired) electrons. The van der Waals surface area contributed by atoms with Gasteiger partial charge in [0.2, 0.25) is 0 Å². The molecule has 0 fully saturated rings. The number of carbonyl (C=O) groups is 1. The van der Waals surface area contributed by atoms with E-state index in [4.69, 9.17) is 9.47 Å². The lowest BCUT2D eigenvalue weighted by Gasteiger charge is -2.19. The summed E-state index contributed by atoms with van der Waals surface area (Å²) in [4.78, 5) is 11.2. The summed E-state index contributed by atoms with van der Waals surface area (Å²) in [5.74, 6) is 0. The summed E-state index contributed by atoms with van der Waals surface area (Å²) in [7, 11) is 0. The fraction of sp³-hybridized carbons (Fsp3) is 0.818. The number of carbonyl (C=O) groups excluding carboxylic acids is 1. The Morgan fingerprint density at radius 1 is 1.33 bits per heavy atom. The number of hydrogen-bond donors (Lipinski definition) is 1. The molecule has 0 unspecified atom stereocenters. The molecule has 1 N–H and O–H groups in total. The van der Waals surface area contributed by atoms with Crippen molar-refractivity contribution < 1.29 is 14.3 Å². The molecule has 0 rings (SSSR count). The maximum Gasteiger partial charge on any atom is 0.407 e. The first-order chi connectivity index (χ1) is 6.95. The average Bonchev–Trinajstić information content (AvgIpc) is 2.08. The first kappa shape index (κ1) is 14.2. The Labute approximate surface area is 92.3 Å². The Balaban J connectivity index is 3.32. The van der Waals surface area contributed by atoms with Gasteiger partial charge >= 0.3 is 6.09 Å². The summed E-state index contributed by atoms with van der Waals surface area (Å²) in [6, 6.07) is 0. The van der Waals surface area contributed by atoms with Crippen molar-refractivity contribution in [1.82, 2.24) is 5.32 Å². The minimum Gasteiger partial charge on any atom is -0.444 e. The Hall–Kier alpha value is -0.770. The topological polar surface area (TPSA) is 47.6 Å². The molecular weight excluding hydrogens is 194 g/mol. The first-order valence-electron chi connectivity index (χ1n) is 5.29. The highest BCUT2D eigenvalue weighted by Crippen LogP contribution is 2.06. The molecular formula is C11H22NO3. The van der Waals surface area contributed by atoms with Crippen LogP contribution in [0.15, 0.2) is 0 Å². The molecule has 0 aliphatic rings. The molecule has 0 saturated carbocycles. The van der Waals surface area contributed by atoms with Crippen LogP contribution in [0.25, 0.3) is 0 Å². The molecule has 0 atom stereocenters. The number of ether oxygens (including phenoxy) is 2. The molecule has 0 spiro atoms. The lowest BCUT2D eigenvalue weighted by atomic mass is 10.2. The van der Waals surface area contributed by atoms with E-state index in [-0.39, 0.29) is 6.09 Å². The molecule has 4 heteroatoms. The number of alkyl carbamates (subject to hydrolysis) is 1. The average molecular weight is 216 g/mol. The van der Waals surface area contributed by atoms with Crippen LogP contribution in [0, 0.1) is 6.92 Å². The molecule has 89 valence electrons. The van der Waals surface area contributed by atoms with Gasteiger partial charge in [-0.15, -0.1) is 0 Å². The van der Waals surface area contributed by atoms with Crippen LogP contribution in [-0.4, -0.2) is 31.5 Å². The molecule has 0 heterocycles. The fourth-order valence-corrected chi connectivity index (χ4v) is 0.936. The summed E-state index contributed by atoms with van der Waals surface area (Å²) in [5.41, 5.74) is -0.429. The van der Waals surface area contributed by atoms with Gasteiger partial charge in [0, 0.05) is 19.8 Å². The molecule has 0 aliphatic heterocycles. The Morgan fingerprint density at radius 3 is 2.53 bits per heavy atom. The molecule has 15 heavy (non-hydrogen) atoms. The van der Waals surface area contributed by atoms with E-state index >= 15 is 0 Å². The zero-order chi connectivity index (χ0) is 11.7. The van der Waals surface area contributed by atoms with Gasteiger partial charge in [-0.25, -0.2) is 4.79 Å². The summed E-state index contributed by atoms with van der Waals surface area (Å²) < 4.78 is 10.1. The number of hydrogen-bond acceptors (Lipinski definition) is 3. The van der Waals surface area contributed by atoms with Gasteiger partial charge in [0.15, 0.2) is 0 Å². The predicted molar refractivity (Wildman–Crippen MR) is 59.6 cm³/mol. The van der Waals surface area contributed by atoms with Crippen LogP contribution in [-0.2, 0) is 9.47 Å². The van der Waals surface area contributed by atoms with Crippen molar-refractivity contribution >= 4 is 6.09 Å². The van der Waals surface area contributed by atoms with E-state index in [1.54, 1.807) is 0 Å². The number of rotatable bonds is 6. The smallest absolute Gasteiger partial charge is 0.407 e. The van der Waals surface area contributed by atoms with Crippen LogP contribution in [0.4, 0.5) is 4.79 Å². The highest BCUT2D eigenvalue weighted by atomic mass is 16.6. The van der Waals surface area contributed by atoms with E-state index in [1.807, 2.05) is 20.8 Å². The molecule has 0 aromatic heterocycles. The van der Waals surface area contributed by atoms with Crippen LogP contribution in [0.2, 0.25) is 0 Å². The third kappa shape index (κ3) is 11.2. The second-order valence-electron chi connectivity index (χ2n) is 4.25. The van der Waals surface area contributed by atoms with Gasteiger partial charge in [0.05, 0.1) is 0 Å². The van der Waals surface area contributed by atoms with Crippen molar-refractivity contribution in [2.75, 3.05) is 19.8 Å². The van der Waals surface area contributed by atoms with Crippen molar-refractivity contribution in [3.63, 3.8) is 0 Å². The normalized spacial score (nSPS) is 11.2. The molecule has 0 bridgehead atoms. The molecule has 0 saturated heterocycles. The zero-order valence-electron chi connectivity index (χ0n) is 9.97. The lowest BCUT2D eigenvalue weighted by molar-refractivity contribution is 0.0525. The van der Waals surface area contributed by atoms with Crippen molar-refractivity contribution in [2.45, 2.75) is 39.2 Å². The van der Waals surface area contributed by atoms with Gasteiger partial charge in [-0.05, 0) is 40.5 Å². The molecule has 0 aromatic rings. The van der Waals surface area contributed by atoms with Crippen molar-refractivity contribution in [3.05, 3.63) is 6.92 Å². The highest BCUT2D eigenvalue weighted by Gasteiger charge is 2.15. The van der Waals surface area contributed by atoms with Crippen LogP contribution in [0.3, 0.4) is 0 Å². The number of amides is 1. The molecule has 4 nitrogen and oxygen atoms in total. The third-order valence-electron chi connectivity index (χ3n) is 1.53. The Morgan fingerprint density at radius 2 is 2.00 bits per heavy atom. The number of unbranched alkanes of at least 4 members (excludes halogenated alkanes) is 1. The van der Waals surface area contributed by atoms with Crippen LogP contribution in [0.1, 0.15) is 33.6 Å². The van der Waals surface area contributed by atoms with E-state index < -0.39 is 5.60 Å². The largest absolute Gasteiger partial charge is 0.444 e. The van der Waals surface area contributed by atoms with Gasteiger partial charge in [-0.3, -0.25) is 0 Å². The van der Waals surface area contributed by atoms with Crippen molar-refractivity contribution in [3.8, 4) is 0 Å². The van der Waals surface area contributed by atoms with Gasteiger partial charge in [0.1, 0.15) is 5.60 Å². The fourth-order valence-electron chi connectivity index (χ4n) is 0.936.